The van der Waals surface area contributed by atoms with Crippen LogP contribution in [0.25, 0.3) is 22.4 Å². The molecule has 4 aromatic rings. The van der Waals surface area contributed by atoms with Gasteiger partial charge in [-0.25, -0.2) is 24.9 Å². The van der Waals surface area contributed by atoms with Gasteiger partial charge in [0.05, 0.1) is 31.9 Å². The number of aryl methyl sites for hydroxylation is 1. The third-order valence-corrected chi connectivity index (χ3v) is 4.90. The first-order chi connectivity index (χ1) is 15.7. The van der Waals surface area contributed by atoms with Crippen molar-refractivity contribution in [2.75, 3.05) is 12.4 Å². The van der Waals surface area contributed by atoms with Gasteiger partial charge in [-0.3, -0.25) is 5.01 Å². The van der Waals surface area contributed by atoms with Gasteiger partial charge in [-0.2, -0.15) is 5.10 Å². The summed E-state index contributed by atoms with van der Waals surface area (Å²) in [5, 5.41) is 9.63. The molecule has 10 nitrogen and oxygen atoms in total. The Hall–Kier alpha value is -4.34. The predicted octanol–water partition coefficient (Wildman–Crippen LogP) is 3.58. The van der Waals surface area contributed by atoms with Gasteiger partial charge >= 0.3 is 0 Å². The van der Waals surface area contributed by atoms with Crippen molar-refractivity contribution in [2.45, 2.75) is 19.9 Å². The van der Waals surface area contributed by atoms with Crippen molar-refractivity contribution in [3.63, 3.8) is 0 Å². The van der Waals surface area contributed by atoms with Gasteiger partial charge in [0.1, 0.15) is 22.9 Å². The van der Waals surface area contributed by atoms with Crippen LogP contribution in [-0.4, -0.2) is 48.2 Å². The molecule has 0 bridgehead atoms. The van der Waals surface area contributed by atoms with Crippen LogP contribution in [0.2, 0.25) is 0 Å². The number of H-pyrrole nitrogens is 1. The lowest BCUT2D eigenvalue weighted by Crippen LogP contribution is -2.12. The normalized spacial score (nSPS) is 13.0. The smallest absolute Gasteiger partial charge is 0.213 e. The molecule has 0 unspecified atom stereocenters. The summed E-state index contributed by atoms with van der Waals surface area (Å²) in [5.41, 5.74) is 4.68. The second kappa shape index (κ2) is 8.42. The Kier molecular flexibility index (Phi) is 5.16. The number of anilines is 2. The monoisotopic (exact) mass is 427 g/mol. The number of aromatic amines is 1. The van der Waals surface area contributed by atoms with Crippen molar-refractivity contribution in [1.29, 1.82) is 0 Å². The number of fused-ring (bicyclic) bond motifs is 1. The highest BCUT2D eigenvalue weighted by Gasteiger charge is 2.17. The minimum absolute atomic E-state index is 0.541. The van der Waals surface area contributed by atoms with Crippen LogP contribution in [0.5, 0.6) is 5.88 Å². The Morgan fingerprint density at radius 3 is 2.88 bits per heavy atom. The fourth-order valence-electron chi connectivity index (χ4n) is 3.44. The SMILES string of the molecule is COc1ccc(Nc2ncc(CN3C=CCC=N3)cc2-c2nc(C)nc3nc[nH]c23)cn1. The number of hydrogen-bond donors (Lipinski definition) is 2. The van der Waals surface area contributed by atoms with Crippen molar-refractivity contribution in [2.24, 2.45) is 5.10 Å². The molecule has 5 rings (SSSR count). The van der Waals surface area contributed by atoms with Gasteiger partial charge in [-0.15, -0.1) is 0 Å². The molecule has 0 aliphatic carbocycles. The average Bonchev–Trinajstić information content (AvgIpc) is 3.29. The molecule has 5 heterocycles. The van der Waals surface area contributed by atoms with Gasteiger partial charge in [0, 0.05) is 36.7 Å². The number of allylic oxidation sites excluding steroid dienone is 1. The maximum atomic E-state index is 5.15. The number of hydrazone groups is 1. The van der Waals surface area contributed by atoms with E-state index in [0.29, 0.717) is 29.7 Å². The Bertz CT molecular complexity index is 1300. The molecule has 1 aliphatic heterocycles. The summed E-state index contributed by atoms with van der Waals surface area (Å²) < 4.78 is 5.15. The van der Waals surface area contributed by atoms with E-state index < -0.39 is 0 Å². The summed E-state index contributed by atoms with van der Waals surface area (Å²) in [7, 11) is 1.59. The first-order valence-electron chi connectivity index (χ1n) is 10.1. The molecule has 0 amide bonds. The second-order valence-corrected chi connectivity index (χ2v) is 7.19. The standard InChI is InChI=1S/C22H21N9O/c1-14-28-19(20-22(29-14)26-13-25-20)17-9-15(12-31-8-4-3-7-27-31)10-24-21(17)30-16-5-6-18(32-2)23-11-16/h4-11,13H,3,12H2,1-2H3,(H,24,30)(H,25,26,28,29). The van der Waals surface area contributed by atoms with Crippen LogP contribution in [0.4, 0.5) is 11.5 Å². The van der Waals surface area contributed by atoms with Crippen LogP contribution >= 0.6 is 0 Å². The van der Waals surface area contributed by atoms with Gasteiger partial charge in [-0.05, 0) is 24.6 Å². The molecule has 160 valence electrons. The predicted molar refractivity (Wildman–Crippen MR) is 122 cm³/mol. The molecule has 10 heteroatoms. The number of hydrogen-bond acceptors (Lipinski definition) is 9. The molecule has 0 fully saturated rings. The fraction of sp³-hybridized carbons (Fsp3) is 0.182. The lowest BCUT2D eigenvalue weighted by atomic mass is 10.1. The number of pyridine rings is 2. The Labute approximate surface area is 184 Å². The molecule has 32 heavy (non-hydrogen) atoms. The van der Waals surface area contributed by atoms with E-state index in [9.17, 15) is 0 Å². The van der Waals surface area contributed by atoms with Crippen LogP contribution < -0.4 is 10.1 Å². The van der Waals surface area contributed by atoms with Crippen molar-refractivity contribution < 1.29 is 4.74 Å². The number of rotatable bonds is 6. The zero-order valence-corrected chi connectivity index (χ0v) is 17.6. The molecular weight excluding hydrogens is 406 g/mol. The van der Waals surface area contributed by atoms with Crippen molar-refractivity contribution in [3.8, 4) is 17.1 Å². The van der Waals surface area contributed by atoms with E-state index in [-0.39, 0.29) is 0 Å². The molecular formula is C22H21N9O. The van der Waals surface area contributed by atoms with Gasteiger partial charge in [-0.1, -0.05) is 6.08 Å². The minimum Gasteiger partial charge on any atom is -0.481 e. The minimum atomic E-state index is 0.541. The number of nitrogens with zero attached hydrogens (tertiary/aromatic N) is 7. The maximum Gasteiger partial charge on any atom is 0.213 e. The van der Waals surface area contributed by atoms with E-state index in [2.05, 4.69) is 42.5 Å². The van der Waals surface area contributed by atoms with E-state index in [4.69, 9.17) is 14.7 Å². The van der Waals surface area contributed by atoms with E-state index in [1.165, 1.54) is 0 Å². The van der Waals surface area contributed by atoms with Crippen LogP contribution in [0.3, 0.4) is 0 Å². The summed E-state index contributed by atoms with van der Waals surface area (Å²) in [5.74, 6) is 1.82. The zero-order valence-electron chi connectivity index (χ0n) is 17.6. The molecule has 2 N–H and O–H groups in total. The molecule has 0 atom stereocenters. The van der Waals surface area contributed by atoms with Gasteiger partial charge in [0.2, 0.25) is 5.88 Å². The first kappa shape index (κ1) is 19.6. The van der Waals surface area contributed by atoms with E-state index in [0.717, 1.165) is 34.4 Å². The molecule has 0 spiro atoms. The Balaban J connectivity index is 1.58. The van der Waals surface area contributed by atoms with E-state index in [1.54, 1.807) is 25.7 Å². The largest absolute Gasteiger partial charge is 0.481 e. The first-order valence-corrected chi connectivity index (χ1v) is 10.1. The molecule has 0 saturated carbocycles. The number of aromatic nitrogens is 6. The highest BCUT2D eigenvalue weighted by Crippen LogP contribution is 2.32. The highest BCUT2D eigenvalue weighted by molar-refractivity contribution is 5.91. The van der Waals surface area contributed by atoms with E-state index >= 15 is 0 Å². The van der Waals surface area contributed by atoms with Gasteiger partial charge in [0.25, 0.3) is 0 Å². The third kappa shape index (κ3) is 3.97. The molecule has 0 saturated heterocycles. The van der Waals surface area contributed by atoms with E-state index in [1.807, 2.05) is 36.6 Å². The van der Waals surface area contributed by atoms with Crippen molar-refractivity contribution in [3.05, 3.63) is 60.6 Å². The molecule has 0 radical (unpaired) electrons. The lowest BCUT2D eigenvalue weighted by Gasteiger charge is -2.18. The Morgan fingerprint density at radius 2 is 2.09 bits per heavy atom. The summed E-state index contributed by atoms with van der Waals surface area (Å²) >= 11 is 0. The van der Waals surface area contributed by atoms with Crippen molar-refractivity contribution >= 4 is 28.9 Å². The van der Waals surface area contributed by atoms with Crippen LogP contribution in [0.1, 0.15) is 17.8 Å². The van der Waals surface area contributed by atoms with Crippen LogP contribution in [-0.2, 0) is 6.54 Å². The maximum absolute atomic E-state index is 5.15. The molecule has 1 aliphatic rings. The lowest BCUT2D eigenvalue weighted by molar-refractivity contribution is 0.388. The summed E-state index contributed by atoms with van der Waals surface area (Å²) in [4.78, 5) is 25.6. The topological polar surface area (TPSA) is 117 Å². The third-order valence-electron chi connectivity index (χ3n) is 4.90. The average molecular weight is 427 g/mol. The van der Waals surface area contributed by atoms with Gasteiger partial charge < -0.3 is 15.0 Å². The number of imidazole rings is 1. The Morgan fingerprint density at radius 1 is 1.16 bits per heavy atom. The quantitative estimate of drug-likeness (QED) is 0.480. The summed E-state index contributed by atoms with van der Waals surface area (Å²) in [6, 6.07) is 5.74. The fourth-order valence-corrected chi connectivity index (χ4v) is 3.44. The van der Waals surface area contributed by atoms with Gasteiger partial charge in [0.15, 0.2) is 5.65 Å². The number of ether oxygens (including phenoxy) is 1. The van der Waals surface area contributed by atoms with Crippen LogP contribution in [0.15, 0.2) is 54.3 Å². The summed E-state index contributed by atoms with van der Waals surface area (Å²) in [6.45, 7) is 2.44. The highest BCUT2D eigenvalue weighted by atomic mass is 16.5. The molecule has 4 aromatic heterocycles. The summed E-state index contributed by atoms with van der Waals surface area (Å²) in [6.07, 6.45) is 11.9. The zero-order chi connectivity index (χ0) is 21.9. The number of nitrogens with one attached hydrogen (secondary N) is 2. The van der Waals surface area contributed by atoms with Crippen LogP contribution in [0, 0.1) is 6.92 Å². The number of methoxy groups -OCH3 is 1. The molecule has 0 aromatic carbocycles. The van der Waals surface area contributed by atoms with Crippen molar-refractivity contribution in [1.82, 2.24) is 34.9 Å². The second-order valence-electron chi connectivity index (χ2n) is 7.19.